The summed E-state index contributed by atoms with van der Waals surface area (Å²) in [4.78, 5) is 26.7. The number of hydrogen-bond acceptors (Lipinski definition) is 7. The van der Waals surface area contributed by atoms with E-state index < -0.39 is 0 Å². The molecule has 0 amide bonds. The molecule has 194 valence electrons. The predicted octanol–water partition coefficient (Wildman–Crippen LogP) is 4.43. The van der Waals surface area contributed by atoms with Crippen molar-refractivity contribution in [3.8, 4) is 11.8 Å². The van der Waals surface area contributed by atoms with E-state index in [2.05, 4.69) is 70.9 Å². The Morgan fingerprint density at radius 1 is 1.05 bits per heavy atom. The number of piperazine rings is 1. The van der Waals surface area contributed by atoms with Gasteiger partial charge in [-0.2, -0.15) is 10.2 Å². The fourth-order valence-corrected chi connectivity index (χ4v) is 5.42. The second-order valence-electron chi connectivity index (χ2n) is 10.4. The first-order valence-electron chi connectivity index (χ1n) is 13.5. The van der Waals surface area contributed by atoms with E-state index in [-0.39, 0.29) is 23.8 Å². The average Bonchev–Trinajstić information content (AvgIpc) is 3.77. The number of aryl methyl sites for hydroxylation is 1. The van der Waals surface area contributed by atoms with Gasteiger partial charge in [-0.25, -0.2) is 9.78 Å². The van der Waals surface area contributed by atoms with Crippen LogP contribution in [0.25, 0.3) is 11.0 Å². The van der Waals surface area contributed by atoms with Crippen LogP contribution in [-0.2, 0) is 7.05 Å². The van der Waals surface area contributed by atoms with Crippen molar-refractivity contribution in [3.05, 3.63) is 58.1 Å². The summed E-state index contributed by atoms with van der Waals surface area (Å²) in [6, 6.07) is 14.8. The van der Waals surface area contributed by atoms with Gasteiger partial charge in [0.25, 0.3) is 0 Å². The zero-order chi connectivity index (χ0) is 26.1. The highest BCUT2D eigenvalue weighted by Crippen LogP contribution is 2.34. The van der Waals surface area contributed by atoms with Gasteiger partial charge in [0.1, 0.15) is 23.0 Å². The Balaban J connectivity index is 1.42. The third kappa shape index (κ3) is 5.05. The van der Waals surface area contributed by atoms with E-state index in [4.69, 9.17) is 4.74 Å². The molecule has 0 N–H and O–H groups in total. The van der Waals surface area contributed by atoms with Crippen LogP contribution < -0.4 is 15.3 Å². The number of hydrogen-bond donors (Lipinski definition) is 0. The summed E-state index contributed by atoms with van der Waals surface area (Å²) in [6.07, 6.45) is 4.45. The van der Waals surface area contributed by atoms with Gasteiger partial charge in [0.05, 0.1) is 12.1 Å². The molecule has 0 spiro atoms. The molecule has 1 aliphatic carbocycles. The predicted molar refractivity (Wildman–Crippen MR) is 145 cm³/mol. The van der Waals surface area contributed by atoms with Gasteiger partial charge in [0, 0.05) is 38.3 Å². The van der Waals surface area contributed by atoms with Crippen LogP contribution in [0, 0.1) is 17.2 Å². The molecule has 2 aliphatic rings. The molecular formula is C29H36N6O2. The van der Waals surface area contributed by atoms with Crippen LogP contribution >= 0.6 is 0 Å². The van der Waals surface area contributed by atoms with Gasteiger partial charge in [0.2, 0.25) is 0 Å². The number of fused-ring (bicyclic) bond motifs is 1. The minimum atomic E-state index is -0.309. The van der Waals surface area contributed by atoms with E-state index in [0.29, 0.717) is 22.5 Å². The molecule has 3 heterocycles. The van der Waals surface area contributed by atoms with Gasteiger partial charge in [0.15, 0.2) is 5.82 Å². The van der Waals surface area contributed by atoms with Crippen LogP contribution in [0.5, 0.6) is 5.75 Å². The Bertz CT molecular complexity index is 1360. The van der Waals surface area contributed by atoms with Gasteiger partial charge in [-0.1, -0.05) is 26.0 Å². The molecule has 37 heavy (non-hydrogen) atoms. The van der Waals surface area contributed by atoms with E-state index in [0.717, 1.165) is 44.2 Å². The normalized spacial score (nSPS) is 21.1. The molecule has 3 aromatic rings. The van der Waals surface area contributed by atoms with Crippen molar-refractivity contribution < 1.29 is 4.74 Å². The molecule has 1 saturated heterocycles. The fraction of sp³-hybridized carbons (Fsp3) is 0.517. The van der Waals surface area contributed by atoms with Gasteiger partial charge < -0.3 is 9.64 Å². The lowest BCUT2D eigenvalue weighted by Gasteiger charge is -2.49. The largest absolute Gasteiger partial charge is 0.493 e. The maximum atomic E-state index is 12.8. The minimum absolute atomic E-state index is 0.168. The highest BCUT2D eigenvalue weighted by Gasteiger charge is 2.36. The van der Waals surface area contributed by atoms with Crippen LogP contribution in [0.2, 0.25) is 0 Å². The van der Waals surface area contributed by atoms with Gasteiger partial charge in [-0.3, -0.25) is 9.47 Å². The molecule has 0 radical (unpaired) electrons. The van der Waals surface area contributed by atoms with Crippen molar-refractivity contribution >= 4 is 16.9 Å². The van der Waals surface area contributed by atoms with Crippen LogP contribution in [0.4, 0.5) is 5.82 Å². The van der Waals surface area contributed by atoms with E-state index in [1.807, 2.05) is 0 Å². The van der Waals surface area contributed by atoms with Crippen LogP contribution in [0.3, 0.4) is 0 Å². The van der Waals surface area contributed by atoms with E-state index >= 15 is 0 Å². The van der Waals surface area contributed by atoms with E-state index in [1.54, 1.807) is 19.2 Å². The maximum Gasteiger partial charge on any atom is 0.349 e. The molecule has 1 saturated carbocycles. The lowest BCUT2D eigenvalue weighted by Crippen LogP contribution is -2.59. The highest BCUT2D eigenvalue weighted by molar-refractivity contribution is 5.86. The molecule has 2 unspecified atom stereocenters. The summed E-state index contributed by atoms with van der Waals surface area (Å²) in [5, 5.41) is 9.45. The monoisotopic (exact) mass is 500 g/mol. The molecule has 2 aromatic heterocycles. The Morgan fingerprint density at radius 3 is 2.43 bits per heavy atom. The number of anilines is 1. The van der Waals surface area contributed by atoms with Crippen LogP contribution in [0.1, 0.15) is 63.8 Å². The lowest BCUT2D eigenvalue weighted by atomic mass is 9.97. The number of nitriles is 1. The molecule has 1 aliphatic heterocycles. The van der Waals surface area contributed by atoms with Gasteiger partial charge >= 0.3 is 5.69 Å². The Hall–Kier alpha value is -3.44. The zero-order valence-corrected chi connectivity index (χ0v) is 22.2. The van der Waals surface area contributed by atoms with Gasteiger partial charge in [-0.15, -0.1) is 0 Å². The fourth-order valence-electron chi connectivity index (χ4n) is 5.42. The second-order valence-corrected chi connectivity index (χ2v) is 10.4. The van der Waals surface area contributed by atoms with Crippen LogP contribution in [0.15, 0.2) is 41.2 Å². The first kappa shape index (κ1) is 25.2. The molecular weight excluding hydrogens is 464 g/mol. The Labute approximate surface area is 218 Å². The van der Waals surface area contributed by atoms with Crippen molar-refractivity contribution in [2.45, 2.75) is 64.6 Å². The van der Waals surface area contributed by atoms with Crippen molar-refractivity contribution in [1.82, 2.24) is 19.4 Å². The molecule has 5 rings (SSSR count). The Morgan fingerprint density at radius 2 is 1.78 bits per heavy atom. The standard InChI is InChI=1S/C29H36N6O2/c1-5-23-17-35(28-27-26(33(4)29(36)32-28)14-11-22(15-30)31-27)24(6-2)16-34(23)19(3)21-9-12-25(13-10-21)37-18-20-7-8-20/h9-14,19-20,23-24H,5-8,16-18H2,1-4H3/t19?,23-,24?/m1/s1. The number of rotatable bonds is 8. The highest BCUT2D eigenvalue weighted by atomic mass is 16.5. The summed E-state index contributed by atoms with van der Waals surface area (Å²) >= 11 is 0. The van der Waals surface area contributed by atoms with E-state index in [9.17, 15) is 10.1 Å². The van der Waals surface area contributed by atoms with Crippen molar-refractivity contribution in [2.75, 3.05) is 24.6 Å². The molecule has 8 heteroatoms. The summed E-state index contributed by atoms with van der Waals surface area (Å²) in [6.45, 7) is 9.09. The smallest absolute Gasteiger partial charge is 0.349 e. The molecule has 8 nitrogen and oxygen atoms in total. The molecule has 0 bridgehead atoms. The number of pyridine rings is 1. The summed E-state index contributed by atoms with van der Waals surface area (Å²) < 4.78 is 7.44. The number of ether oxygens (including phenoxy) is 1. The minimum Gasteiger partial charge on any atom is -0.493 e. The van der Waals surface area contributed by atoms with Crippen LogP contribution in [-0.4, -0.2) is 51.2 Å². The first-order valence-corrected chi connectivity index (χ1v) is 13.5. The number of benzene rings is 1. The maximum absolute atomic E-state index is 12.8. The molecule has 2 fully saturated rings. The third-order valence-electron chi connectivity index (χ3n) is 8.05. The average molecular weight is 501 g/mol. The summed E-state index contributed by atoms with van der Waals surface area (Å²) in [5.74, 6) is 2.27. The van der Waals surface area contributed by atoms with E-state index in [1.165, 1.54) is 23.0 Å². The quantitative estimate of drug-likeness (QED) is 0.452. The van der Waals surface area contributed by atoms with Crippen molar-refractivity contribution in [3.63, 3.8) is 0 Å². The SMILES string of the molecule is CCC1CN(C(C)c2ccc(OCC3CC3)cc2)[C@H](CC)CN1c1nc(=O)n(C)c2ccc(C#N)nc12. The number of nitrogens with zero attached hydrogens (tertiary/aromatic N) is 6. The first-order chi connectivity index (χ1) is 17.9. The summed E-state index contributed by atoms with van der Waals surface area (Å²) in [5.41, 5.74) is 2.59. The van der Waals surface area contributed by atoms with Crippen molar-refractivity contribution in [2.24, 2.45) is 13.0 Å². The third-order valence-corrected chi connectivity index (χ3v) is 8.05. The zero-order valence-electron chi connectivity index (χ0n) is 22.2. The number of aromatic nitrogens is 3. The molecule has 3 atom stereocenters. The second kappa shape index (κ2) is 10.5. The lowest BCUT2D eigenvalue weighted by molar-refractivity contribution is 0.101. The van der Waals surface area contributed by atoms with Crippen molar-refractivity contribution in [1.29, 1.82) is 5.26 Å². The topological polar surface area (TPSA) is 87.3 Å². The molecule has 1 aromatic carbocycles. The summed E-state index contributed by atoms with van der Waals surface area (Å²) in [7, 11) is 1.70. The Kier molecular flexibility index (Phi) is 7.16. The van der Waals surface area contributed by atoms with Gasteiger partial charge in [-0.05, 0) is 68.4 Å².